The molecule has 2 aromatic carbocycles. The number of hydrogen-bond acceptors (Lipinski definition) is 1. The summed E-state index contributed by atoms with van der Waals surface area (Å²) in [4.78, 5) is 11.4. The summed E-state index contributed by atoms with van der Waals surface area (Å²) in [5.74, 6) is 1.24. The predicted octanol–water partition coefficient (Wildman–Crippen LogP) is 7.94. The third kappa shape index (κ3) is 5.31. The van der Waals surface area contributed by atoms with Crippen molar-refractivity contribution in [3.8, 4) is 11.1 Å². The molecule has 1 fully saturated rings. The molecule has 2 heteroatoms. The quantitative estimate of drug-likeness (QED) is 0.335. The highest BCUT2D eigenvalue weighted by molar-refractivity contribution is 5.94. The summed E-state index contributed by atoms with van der Waals surface area (Å²) < 4.78 is 14.8. The van der Waals surface area contributed by atoms with Gasteiger partial charge in [-0.2, -0.15) is 0 Å². The van der Waals surface area contributed by atoms with Gasteiger partial charge in [-0.25, -0.2) is 4.39 Å². The molecule has 0 N–H and O–H groups in total. The van der Waals surface area contributed by atoms with E-state index < -0.39 is 0 Å². The second-order valence-corrected chi connectivity index (χ2v) is 8.44. The smallest absolute Gasteiger partial charge is 0.159 e. The minimum Gasteiger partial charge on any atom is -0.295 e. The fraction of sp³-hybridized carbons (Fsp3) is 0.500. The molecular formula is C26H33FO. The number of unbranched alkanes of at least 4 members (excludes halogenated alkanes) is 3. The molecule has 2 aromatic rings. The Hall–Kier alpha value is -1.96. The average molecular weight is 381 g/mol. The van der Waals surface area contributed by atoms with Crippen LogP contribution in [0.3, 0.4) is 0 Å². The van der Waals surface area contributed by atoms with Gasteiger partial charge in [-0.15, -0.1) is 0 Å². The van der Waals surface area contributed by atoms with Gasteiger partial charge in [0.25, 0.3) is 0 Å². The van der Waals surface area contributed by atoms with Crippen molar-refractivity contribution in [3.05, 3.63) is 59.4 Å². The fourth-order valence-corrected chi connectivity index (χ4v) is 4.55. The lowest BCUT2D eigenvalue weighted by molar-refractivity contribution is 0.101. The molecule has 1 aliphatic carbocycles. The lowest BCUT2D eigenvalue weighted by atomic mass is 9.77. The zero-order valence-corrected chi connectivity index (χ0v) is 17.3. The second-order valence-electron chi connectivity index (χ2n) is 8.44. The summed E-state index contributed by atoms with van der Waals surface area (Å²) in [5.41, 5.74) is 3.24. The number of carbonyl (C=O) groups excluding carboxylic acids is 1. The van der Waals surface area contributed by atoms with E-state index in [1.807, 2.05) is 18.2 Å². The van der Waals surface area contributed by atoms with E-state index in [4.69, 9.17) is 0 Å². The van der Waals surface area contributed by atoms with E-state index in [0.29, 0.717) is 17.0 Å². The molecule has 1 saturated carbocycles. The monoisotopic (exact) mass is 380 g/mol. The maximum Gasteiger partial charge on any atom is 0.159 e. The van der Waals surface area contributed by atoms with Crippen LogP contribution in [0.5, 0.6) is 0 Å². The summed E-state index contributed by atoms with van der Waals surface area (Å²) in [5, 5.41) is 0. The van der Waals surface area contributed by atoms with Gasteiger partial charge in [-0.05, 0) is 61.6 Å². The van der Waals surface area contributed by atoms with Crippen molar-refractivity contribution in [2.75, 3.05) is 0 Å². The van der Waals surface area contributed by atoms with Crippen molar-refractivity contribution in [1.29, 1.82) is 0 Å². The first kappa shape index (κ1) is 20.8. The molecule has 0 heterocycles. The zero-order chi connectivity index (χ0) is 19.9. The molecule has 3 rings (SSSR count). The fourth-order valence-electron chi connectivity index (χ4n) is 4.55. The highest BCUT2D eigenvalue weighted by Crippen LogP contribution is 2.39. The van der Waals surface area contributed by atoms with Crippen LogP contribution in [0.25, 0.3) is 11.1 Å². The Kier molecular flexibility index (Phi) is 7.42. The molecule has 0 aromatic heterocycles. The Morgan fingerprint density at radius 1 is 0.964 bits per heavy atom. The molecule has 0 unspecified atom stereocenters. The SMILES string of the molecule is CCCCCC[C@H]1CC[C@H](c2ccc(-c3ccc(C(C)=O)cc3)c(F)c2)CC1. The van der Waals surface area contributed by atoms with Crippen LogP contribution >= 0.6 is 0 Å². The van der Waals surface area contributed by atoms with Crippen LogP contribution in [-0.4, -0.2) is 5.78 Å². The lowest BCUT2D eigenvalue weighted by Gasteiger charge is -2.29. The first-order chi connectivity index (χ1) is 13.6. The van der Waals surface area contributed by atoms with Crippen molar-refractivity contribution in [2.45, 2.75) is 77.6 Å². The second kappa shape index (κ2) is 10.0. The minimum atomic E-state index is -0.158. The van der Waals surface area contributed by atoms with Crippen molar-refractivity contribution in [2.24, 2.45) is 5.92 Å². The standard InChI is InChI=1S/C26H33FO/c1-3-4-5-6-7-20-8-10-22(11-9-20)24-16-17-25(26(27)18-24)23-14-12-21(13-15-23)19(2)28/h12-18,20,22H,3-11H2,1-2H3/t20-,22-. The van der Waals surface area contributed by atoms with Crippen LogP contribution in [-0.2, 0) is 0 Å². The van der Waals surface area contributed by atoms with E-state index in [1.54, 1.807) is 25.1 Å². The van der Waals surface area contributed by atoms with Crippen LogP contribution in [0, 0.1) is 11.7 Å². The van der Waals surface area contributed by atoms with Crippen molar-refractivity contribution >= 4 is 5.78 Å². The molecule has 1 nitrogen and oxygen atoms in total. The van der Waals surface area contributed by atoms with Crippen LogP contribution in [0.2, 0.25) is 0 Å². The van der Waals surface area contributed by atoms with Gasteiger partial charge in [0.15, 0.2) is 5.78 Å². The van der Waals surface area contributed by atoms with E-state index in [0.717, 1.165) is 17.0 Å². The van der Waals surface area contributed by atoms with Gasteiger partial charge in [0, 0.05) is 11.1 Å². The maximum absolute atomic E-state index is 14.8. The number of ketones is 1. The Labute approximate surface area is 169 Å². The Balaban J connectivity index is 1.59. The first-order valence-electron chi connectivity index (χ1n) is 11.0. The summed E-state index contributed by atoms with van der Waals surface area (Å²) in [7, 11) is 0. The van der Waals surface area contributed by atoms with Gasteiger partial charge in [-0.1, -0.05) is 75.4 Å². The summed E-state index contributed by atoms with van der Waals surface area (Å²) in [6.45, 7) is 3.81. The molecular weight excluding hydrogens is 347 g/mol. The van der Waals surface area contributed by atoms with E-state index in [1.165, 1.54) is 57.8 Å². The number of benzene rings is 2. The number of carbonyl (C=O) groups is 1. The van der Waals surface area contributed by atoms with Crippen molar-refractivity contribution in [1.82, 2.24) is 0 Å². The maximum atomic E-state index is 14.8. The van der Waals surface area contributed by atoms with Crippen molar-refractivity contribution in [3.63, 3.8) is 0 Å². The highest BCUT2D eigenvalue weighted by Gasteiger charge is 2.23. The Morgan fingerprint density at radius 2 is 1.68 bits per heavy atom. The predicted molar refractivity (Wildman–Crippen MR) is 115 cm³/mol. The van der Waals surface area contributed by atoms with Gasteiger partial charge in [0.05, 0.1) is 0 Å². The summed E-state index contributed by atoms with van der Waals surface area (Å²) >= 11 is 0. The molecule has 0 bridgehead atoms. The largest absolute Gasteiger partial charge is 0.295 e. The number of Topliss-reactive ketones (excluding diaryl/α,β-unsaturated/α-hetero) is 1. The normalized spacial score (nSPS) is 19.5. The van der Waals surface area contributed by atoms with Crippen LogP contribution in [0.4, 0.5) is 4.39 Å². The van der Waals surface area contributed by atoms with Crippen LogP contribution < -0.4 is 0 Å². The van der Waals surface area contributed by atoms with E-state index in [-0.39, 0.29) is 11.6 Å². The van der Waals surface area contributed by atoms with E-state index in [2.05, 4.69) is 13.0 Å². The number of halogens is 1. The number of rotatable bonds is 8. The molecule has 0 amide bonds. The van der Waals surface area contributed by atoms with E-state index >= 15 is 0 Å². The topological polar surface area (TPSA) is 17.1 Å². The van der Waals surface area contributed by atoms with E-state index in [9.17, 15) is 9.18 Å². The molecule has 28 heavy (non-hydrogen) atoms. The van der Waals surface area contributed by atoms with Crippen molar-refractivity contribution < 1.29 is 9.18 Å². The minimum absolute atomic E-state index is 0.0309. The van der Waals surface area contributed by atoms with Gasteiger partial charge in [0.2, 0.25) is 0 Å². The van der Waals surface area contributed by atoms with Gasteiger partial charge in [-0.3, -0.25) is 4.79 Å². The molecule has 0 radical (unpaired) electrons. The van der Waals surface area contributed by atoms with Crippen LogP contribution in [0.1, 0.15) is 93.5 Å². The summed E-state index contributed by atoms with van der Waals surface area (Å²) in [6.07, 6.45) is 11.7. The lowest BCUT2D eigenvalue weighted by Crippen LogP contribution is -2.13. The molecule has 0 aliphatic heterocycles. The first-order valence-corrected chi connectivity index (χ1v) is 11.0. The zero-order valence-electron chi connectivity index (χ0n) is 17.3. The molecule has 1 aliphatic rings. The third-order valence-corrected chi connectivity index (χ3v) is 6.38. The van der Waals surface area contributed by atoms with Gasteiger partial charge in [0.1, 0.15) is 5.82 Å². The van der Waals surface area contributed by atoms with Gasteiger partial charge < -0.3 is 0 Å². The third-order valence-electron chi connectivity index (χ3n) is 6.38. The Bertz CT molecular complexity index is 770. The molecule has 0 atom stereocenters. The summed E-state index contributed by atoms with van der Waals surface area (Å²) in [6, 6.07) is 12.9. The average Bonchev–Trinajstić information content (AvgIpc) is 2.72. The molecule has 150 valence electrons. The Morgan fingerprint density at radius 3 is 2.29 bits per heavy atom. The highest BCUT2D eigenvalue weighted by atomic mass is 19.1. The molecule has 0 saturated heterocycles. The number of hydrogen-bond donors (Lipinski definition) is 0. The van der Waals surface area contributed by atoms with Gasteiger partial charge >= 0.3 is 0 Å². The van der Waals surface area contributed by atoms with Crippen LogP contribution in [0.15, 0.2) is 42.5 Å². The molecule has 0 spiro atoms.